The summed E-state index contributed by atoms with van der Waals surface area (Å²) in [5, 5.41) is 21.4. The number of aromatic carboxylic acids is 1. The summed E-state index contributed by atoms with van der Waals surface area (Å²) in [7, 11) is 1.40. The van der Waals surface area contributed by atoms with Gasteiger partial charge in [-0.25, -0.2) is 14.2 Å². The molecule has 13 heteroatoms. The standard InChI is InChI=1S/C24H23FN6O5S/c1-36-22-19-15(21(33)16(23(34)35)11-31(19)13-2-3-13)8-17(25)20(22)30-6-4-29(5-7-30)12-18(32)28-24-27-10-14(9-26)37-24/h8,10-11,13H,2-7,12H2,1H3,(H,34,35)(H,27,28,32). The molecule has 2 aliphatic rings. The van der Waals surface area contributed by atoms with Gasteiger partial charge >= 0.3 is 5.97 Å². The zero-order valence-corrected chi connectivity index (χ0v) is 20.7. The van der Waals surface area contributed by atoms with Crippen molar-refractivity contribution < 1.29 is 23.8 Å². The van der Waals surface area contributed by atoms with Gasteiger partial charge < -0.3 is 24.6 Å². The monoisotopic (exact) mass is 526 g/mol. The lowest BCUT2D eigenvalue weighted by Crippen LogP contribution is -2.49. The molecule has 1 saturated heterocycles. The van der Waals surface area contributed by atoms with Crippen LogP contribution in [0.15, 0.2) is 23.3 Å². The van der Waals surface area contributed by atoms with Crippen molar-refractivity contribution in [1.82, 2.24) is 14.5 Å². The van der Waals surface area contributed by atoms with Gasteiger partial charge in [0.1, 0.15) is 22.2 Å². The van der Waals surface area contributed by atoms with Crippen LogP contribution in [0, 0.1) is 17.1 Å². The molecule has 1 aromatic carbocycles. The van der Waals surface area contributed by atoms with Crippen LogP contribution < -0.4 is 20.4 Å². The minimum absolute atomic E-state index is 0.0193. The van der Waals surface area contributed by atoms with E-state index < -0.39 is 22.8 Å². The predicted molar refractivity (Wildman–Crippen MR) is 134 cm³/mol. The van der Waals surface area contributed by atoms with Crippen molar-refractivity contribution in [1.29, 1.82) is 5.26 Å². The van der Waals surface area contributed by atoms with Crippen LogP contribution in [0.25, 0.3) is 10.9 Å². The number of anilines is 2. The topological polar surface area (TPSA) is 141 Å². The van der Waals surface area contributed by atoms with Crippen molar-refractivity contribution in [2.75, 3.05) is 50.1 Å². The van der Waals surface area contributed by atoms with Gasteiger partial charge in [0.05, 0.1) is 30.8 Å². The third kappa shape index (κ3) is 4.73. The lowest BCUT2D eigenvalue weighted by atomic mass is 10.1. The Kier molecular flexibility index (Phi) is 6.53. The number of thiazole rings is 1. The highest BCUT2D eigenvalue weighted by Gasteiger charge is 2.32. The van der Waals surface area contributed by atoms with E-state index in [0.717, 1.165) is 30.2 Å². The smallest absolute Gasteiger partial charge is 0.341 e. The van der Waals surface area contributed by atoms with Gasteiger partial charge in [-0.2, -0.15) is 5.26 Å². The summed E-state index contributed by atoms with van der Waals surface area (Å²) < 4.78 is 22.8. The number of nitriles is 1. The first-order chi connectivity index (χ1) is 17.8. The Morgan fingerprint density at radius 3 is 2.65 bits per heavy atom. The Morgan fingerprint density at radius 1 is 1.32 bits per heavy atom. The Labute approximate surface area is 214 Å². The number of nitrogens with one attached hydrogen (secondary N) is 1. The van der Waals surface area contributed by atoms with Gasteiger partial charge in [-0.3, -0.25) is 14.5 Å². The number of rotatable bonds is 7. The second kappa shape index (κ2) is 9.79. The molecule has 3 heterocycles. The zero-order chi connectivity index (χ0) is 26.3. The molecule has 192 valence electrons. The minimum atomic E-state index is -1.36. The quantitative estimate of drug-likeness (QED) is 0.474. The van der Waals surface area contributed by atoms with E-state index in [1.165, 1.54) is 19.5 Å². The summed E-state index contributed by atoms with van der Waals surface area (Å²) in [6.07, 6.45) is 4.38. The van der Waals surface area contributed by atoms with E-state index in [-0.39, 0.29) is 35.3 Å². The normalized spacial score (nSPS) is 16.0. The van der Waals surface area contributed by atoms with Crippen LogP contribution in [0.3, 0.4) is 0 Å². The average molecular weight is 527 g/mol. The third-order valence-corrected chi connectivity index (χ3v) is 7.31. The second-order valence-electron chi connectivity index (χ2n) is 8.90. The molecular weight excluding hydrogens is 503 g/mol. The molecule has 2 fully saturated rings. The van der Waals surface area contributed by atoms with E-state index in [1.54, 1.807) is 4.57 Å². The molecule has 5 rings (SSSR count). The second-order valence-corrected chi connectivity index (χ2v) is 9.94. The summed E-state index contributed by atoms with van der Waals surface area (Å²) in [6, 6.07) is 3.09. The number of ether oxygens (including phenoxy) is 1. The van der Waals surface area contributed by atoms with E-state index in [9.17, 15) is 19.5 Å². The van der Waals surface area contributed by atoms with Gasteiger partial charge in [-0.1, -0.05) is 11.3 Å². The highest BCUT2D eigenvalue weighted by molar-refractivity contribution is 7.16. The van der Waals surface area contributed by atoms with Crippen LogP contribution in [0.2, 0.25) is 0 Å². The van der Waals surface area contributed by atoms with Crippen molar-refractivity contribution in [2.24, 2.45) is 0 Å². The van der Waals surface area contributed by atoms with Crippen LogP contribution in [0.4, 0.5) is 15.2 Å². The molecule has 0 spiro atoms. The van der Waals surface area contributed by atoms with E-state index in [1.807, 2.05) is 15.9 Å². The van der Waals surface area contributed by atoms with Gasteiger partial charge in [0.25, 0.3) is 0 Å². The highest BCUT2D eigenvalue weighted by Crippen LogP contribution is 2.43. The van der Waals surface area contributed by atoms with Crippen molar-refractivity contribution >= 4 is 44.9 Å². The molecule has 0 atom stereocenters. The highest BCUT2D eigenvalue weighted by atomic mass is 32.1. The Bertz CT molecular complexity index is 1500. The van der Waals surface area contributed by atoms with Crippen LogP contribution in [0.1, 0.15) is 34.1 Å². The maximum absolute atomic E-state index is 15.5. The van der Waals surface area contributed by atoms with E-state index >= 15 is 4.39 Å². The Balaban J connectivity index is 1.38. The molecule has 2 aromatic heterocycles. The fraction of sp³-hybridized carbons (Fsp3) is 0.375. The number of halogens is 1. The SMILES string of the molecule is COc1c(N2CCN(CC(=O)Nc3ncc(C#N)s3)CC2)c(F)cc2c(=O)c(C(=O)O)cn(C3CC3)c12. The summed E-state index contributed by atoms with van der Waals surface area (Å²) in [4.78, 5) is 45.1. The number of aromatic nitrogens is 2. The molecule has 37 heavy (non-hydrogen) atoms. The first-order valence-corrected chi connectivity index (χ1v) is 12.4. The summed E-state index contributed by atoms with van der Waals surface area (Å²) >= 11 is 1.10. The lowest BCUT2D eigenvalue weighted by Gasteiger charge is -2.36. The van der Waals surface area contributed by atoms with E-state index in [0.29, 0.717) is 41.7 Å². The molecule has 1 saturated carbocycles. The first-order valence-electron chi connectivity index (χ1n) is 11.6. The zero-order valence-electron chi connectivity index (χ0n) is 19.9. The third-order valence-electron chi connectivity index (χ3n) is 6.49. The number of carboxylic acid groups (broad SMARTS) is 1. The minimum Gasteiger partial charge on any atom is -0.492 e. The van der Waals surface area contributed by atoms with E-state index in [2.05, 4.69) is 10.3 Å². The van der Waals surface area contributed by atoms with Crippen LogP contribution >= 0.6 is 11.3 Å². The summed E-state index contributed by atoms with van der Waals surface area (Å²) in [5.74, 6) is -2.09. The predicted octanol–water partition coefficient (Wildman–Crippen LogP) is 2.27. The lowest BCUT2D eigenvalue weighted by molar-refractivity contribution is -0.117. The molecule has 3 aromatic rings. The molecule has 1 aliphatic heterocycles. The number of hydrogen-bond acceptors (Lipinski definition) is 9. The van der Waals surface area contributed by atoms with E-state index in [4.69, 9.17) is 10.00 Å². The number of fused-ring (bicyclic) bond motifs is 1. The number of carboxylic acids is 1. The number of pyridine rings is 1. The molecule has 1 amide bonds. The molecule has 0 radical (unpaired) electrons. The number of carbonyl (C=O) groups excluding carboxylic acids is 1. The molecule has 1 aliphatic carbocycles. The number of methoxy groups -OCH3 is 1. The molecule has 2 N–H and O–H groups in total. The summed E-state index contributed by atoms with van der Waals surface area (Å²) in [5.41, 5.74) is -0.551. The first kappa shape index (κ1) is 24.7. The molecule has 11 nitrogen and oxygen atoms in total. The van der Waals surface area contributed by atoms with Crippen molar-refractivity contribution in [3.05, 3.63) is 44.9 Å². The van der Waals surface area contributed by atoms with Gasteiger partial charge in [0, 0.05) is 38.4 Å². The Hall–Kier alpha value is -4.02. The van der Waals surface area contributed by atoms with Crippen LogP contribution in [0.5, 0.6) is 5.75 Å². The number of hydrogen-bond donors (Lipinski definition) is 2. The molecular formula is C24H23FN6O5S. The number of carbonyl (C=O) groups is 2. The van der Waals surface area contributed by atoms with Gasteiger partial charge in [0.15, 0.2) is 16.7 Å². The van der Waals surface area contributed by atoms with Crippen LogP contribution in [-0.2, 0) is 4.79 Å². The summed E-state index contributed by atoms with van der Waals surface area (Å²) in [6.45, 7) is 1.88. The van der Waals surface area contributed by atoms with Gasteiger partial charge in [-0.15, -0.1) is 0 Å². The Morgan fingerprint density at radius 2 is 2.05 bits per heavy atom. The molecule has 0 unspecified atom stereocenters. The van der Waals surface area contributed by atoms with Gasteiger partial charge in [-0.05, 0) is 18.9 Å². The fourth-order valence-electron chi connectivity index (χ4n) is 4.60. The maximum Gasteiger partial charge on any atom is 0.341 e. The molecule has 0 bridgehead atoms. The van der Waals surface area contributed by atoms with Crippen molar-refractivity contribution in [2.45, 2.75) is 18.9 Å². The van der Waals surface area contributed by atoms with Crippen molar-refractivity contribution in [3.8, 4) is 11.8 Å². The maximum atomic E-state index is 15.5. The number of amides is 1. The average Bonchev–Trinajstić information content (AvgIpc) is 3.62. The fourth-order valence-corrected chi connectivity index (χ4v) is 5.23. The van der Waals surface area contributed by atoms with Crippen molar-refractivity contribution in [3.63, 3.8) is 0 Å². The number of benzene rings is 1. The van der Waals surface area contributed by atoms with Gasteiger partial charge in [0.2, 0.25) is 11.3 Å². The number of nitrogens with zero attached hydrogens (tertiary/aromatic N) is 5. The number of piperazine rings is 1. The van der Waals surface area contributed by atoms with Crippen LogP contribution in [-0.4, -0.2) is 71.3 Å². The largest absolute Gasteiger partial charge is 0.492 e.